The summed E-state index contributed by atoms with van der Waals surface area (Å²) >= 11 is 0. The lowest BCUT2D eigenvalue weighted by Crippen LogP contribution is -2.30. The molecule has 0 amide bonds. The molecule has 0 aromatic rings. The number of esters is 3. The zero-order valence-electron chi connectivity index (χ0n) is 49.3. The van der Waals surface area contributed by atoms with E-state index >= 15 is 0 Å². The average Bonchev–Trinajstić information content (AvgIpc) is 3.41. The summed E-state index contributed by atoms with van der Waals surface area (Å²) in [6, 6.07) is 0. The van der Waals surface area contributed by atoms with Crippen molar-refractivity contribution in [1.29, 1.82) is 0 Å². The average molecular weight is 1040 g/mol. The molecule has 6 nitrogen and oxygen atoms in total. The third-order valence-electron chi connectivity index (χ3n) is 13.6. The van der Waals surface area contributed by atoms with Crippen LogP contribution in [0.1, 0.15) is 303 Å². The number of allylic oxidation sites excluding steroid dienone is 16. The molecule has 0 radical (unpaired) electrons. The summed E-state index contributed by atoms with van der Waals surface area (Å²) in [5.41, 5.74) is 0. The SMILES string of the molecule is CC/C=C\C/C=C\C/C=C\C/C=C\C/C=C\C/C=C\CCCCCCCCCCC(=O)OCC(COC(=O)CCCCCCC)OC(=O)CCCCCCCCCCCCCCC/C=C\C/C=C\CCCCCCC. The van der Waals surface area contributed by atoms with Crippen LogP contribution in [0.15, 0.2) is 97.2 Å². The molecular formula is C69H118O6. The van der Waals surface area contributed by atoms with Gasteiger partial charge in [0.1, 0.15) is 13.2 Å². The van der Waals surface area contributed by atoms with E-state index in [1.54, 1.807) is 0 Å². The lowest BCUT2D eigenvalue weighted by atomic mass is 10.0. The van der Waals surface area contributed by atoms with Crippen LogP contribution >= 0.6 is 0 Å². The quantitative estimate of drug-likeness (QED) is 0.0261. The number of carbonyl (C=O) groups is 3. The van der Waals surface area contributed by atoms with Crippen molar-refractivity contribution in [3.63, 3.8) is 0 Å². The fraction of sp³-hybridized carbons (Fsp3) is 0.725. The summed E-state index contributed by atoms with van der Waals surface area (Å²) in [5, 5.41) is 0. The van der Waals surface area contributed by atoms with Crippen molar-refractivity contribution < 1.29 is 28.6 Å². The maximum atomic E-state index is 12.8. The van der Waals surface area contributed by atoms with Gasteiger partial charge in [0.05, 0.1) is 0 Å². The maximum absolute atomic E-state index is 12.8. The molecule has 430 valence electrons. The van der Waals surface area contributed by atoms with E-state index in [1.807, 2.05) is 0 Å². The normalized spacial score (nSPS) is 12.7. The molecule has 0 rings (SSSR count). The Hall–Kier alpha value is -3.67. The Morgan fingerprint density at radius 1 is 0.280 bits per heavy atom. The minimum atomic E-state index is -0.779. The number of ether oxygens (including phenoxy) is 3. The van der Waals surface area contributed by atoms with E-state index in [9.17, 15) is 14.4 Å². The van der Waals surface area contributed by atoms with Crippen molar-refractivity contribution in [2.75, 3.05) is 13.2 Å². The molecule has 75 heavy (non-hydrogen) atoms. The highest BCUT2D eigenvalue weighted by molar-refractivity contribution is 5.71. The van der Waals surface area contributed by atoms with Crippen molar-refractivity contribution in [3.05, 3.63) is 97.2 Å². The number of carbonyl (C=O) groups excluding carboxylic acids is 3. The van der Waals surface area contributed by atoms with Crippen LogP contribution in [-0.4, -0.2) is 37.2 Å². The van der Waals surface area contributed by atoms with Gasteiger partial charge in [-0.25, -0.2) is 0 Å². The lowest BCUT2D eigenvalue weighted by molar-refractivity contribution is -0.167. The molecule has 0 aromatic heterocycles. The molecule has 0 saturated carbocycles. The Labute approximate surface area is 464 Å². The molecule has 0 spiro atoms. The number of hydrogen-bond donors (Lipinski definition) is 0. The van der Waals surface area contributed by atoms with Crippen LogP contribution in [0, 0.1) is 0 Å². The van der Waals surface area contributed by atoms with Crippen LogP contribution in [0.3, 0.4) is 0 Å². The molecule has 0 aliphatic rings. The largest absolute Gasteiger partial charge is 0.462 e. The summed E-state index contributed by atoms with van der Waals surface area (Å²) in [4.78, 5) is 37.9. The van der Waals surface area contributed by atoms with Crippen LogP contribution in [0.2, 0.25) is 0 Å². The molecule has 1 unspecified atom stereocenters. The number of unbranched alkanes of at least 4 members (excludes halogenated alkanes) is 30. The van der Waals surface area contributed by atoms with E-state index in [1.165, 1.54) is 148 Å². The predicted molar refractivity (Wildman–Crippen MR) is 325 cm³/mol. The molecule has 0 bridgehead atoms. The number of hydrogen-bond acceptors (Lipinski definition) is 6. The van der Waals surface area contributed by atoms with Crippen LogP contribution in [-0.2, 0) is 28.6 Å². The second-order valence-electron chi connectivity index (χ2n) is 20.9. The molecule has 0 heterocycles. The van der Waals surface area contributed by atoms with Gasteiger partial charge in [-0.2, -0.15) is 0 Å². The highest BCUT2D eigenvalue weighted by Gasteiger charge is 2.19. The van der Waals surface area contributed by atoms with Gasteiger partial charge < -0.3 is 14.2 Å². The zero-order chi connectivity index (χ0) is 54.3. The van der Waals surface area contributed by atoms with Gasteiger partial charge in [0.15, 0.2) is 6.10 Å². The van der Waals surface area contributed by atoms with Crippen molar-refractivity contribution in [1.82, 2.24) is 0 Å². The van der Waals surface area contributed by atoms with E-state index in [0.717, 1.165) is 116 Å². The Bertz CT molecular complexity index is 1480. The molecule has 0 N–H and O–H groups in total. The smallest absolute Gasteiger partial charge is 0.306 e. The fourth-order valence-corrected chi connectivity index (χ4v) is 8.83. The Morgan fingerprint density at radius 3 is 0.813 bits per heavy atom. The van der Waals surface area contributed by atoms with Crippen molar-refractivity contribution in [3.8, 4) is 0 Å². The van der Waals surface area contributed by atoms with Crippen LogP contribution in [0.4, 0.5) is 0 Å². The van der Waals surface area contributed by atoms with E-state index in [2.05, 4.69) is 118 Å². The first-order valence-corrected chi connectivity index (χ1v) is 31.7. The zero-order valence-corrected chi connectivity index (χ0v) is 49.3. The van der Waals surface area contributed by atoms with Gasteiger partial charge in [-0.3, -0.25) is 14.4 Å². The van der Waals surface area contributed by atoms with Crippen molar-refractivity contribution in [2.45, 2.75) is 309 Å². The van der Waals surface area contributed by atoms with Crippen LogP contribution in [0.5, 0.6) is 0 Å². The maximum Gasteiger partial charge on any atom is 0.306 e. The van der Waals surface area contributed by atoms with Crippen molar-refractivity contribution in [2.24, 2.45) is 0 Å². The van der Waals surface area contributed by atoms with Gasteiger partial charge in [-0.15, -0.1) is 0 Å². The Kier molecular flexibility index (Phi) is 59.8. The molecule has 0 aliphatic heterocycles. The summed E-state index contributed by atoms with van der Waals surface area (Å²) in [7, 11) is 0. The van der Waals surface area contributed by atoms with E-state index in [0.29, 0.717) is 19.3 Å². The highest BCUT2D eigenvalue weighted by Crippen LogP contribution is 2.16. The van der Waals surface area contributed by atoms with Gasteiger partial charge in [-0.05, 0) is 103 Å². The topological polar surface area (TPSA) is 78.9 Å². The van der Waals surface area contributed by atoms with Gasteiger partial charge in [0.2, 0.25) is 0 Å². The minimum Gasteiger partial charge on any atom is -0.462 e. The minimum absolute atomic E-state index is 0.0799. The standard InChI is InChI=1S/C69H118O6/c1-4-7-10-13-15-17-19-21-23-25-27-29-31-33-34-36-37-39-41-43-45-47-49-51-53-56-59-62-68(71)74-65-66(64-73-67(70)61-58-55-12-9-6-3)75-69(72)63-60-57-54-52-50-48-46-44-42-40-38-35-32-30-28-26-24-22-20-18-16-14-11-8-5-2/h7,10,15,17,20-23,26-29,33-34,37,39,66H,4-6,8-9,11-14,16,18-19,24-25,30-32,35-36,38,40-65H2,1-3H3/b10-7-,17-15-,22-20-,23-21-,28-26-,29-27-,34-33-,39-37-. The van der Waals surface area contributed by atoms with Gasteiger partial charge in [0.25, 0.3) is 0 Å². The molecule has 0 aromatic carbocycles. The third kappa shape index (κ3) is 61.1. The predicted octanol–water partition coefficient (Wildman–Crippen LogP) is 21.7. The second kappa shape index (κ2) is 62.9. The van der Waals surface area contributed by atoms with Gasteiger partial charge in [-0.1, -0.05) is 279 Å². The monoisotopic (exact) mass is 1040 g/mol. The van der Waals surface area contributed by atoms with Crippen LogP contribution < -0.4 is 0 Å². The summed E-state index contributed by atoms with van der Waals surface area (Å²) in [5.74, 6) is -0.896. The first-order chi connectivity index (χ1) is 37.0. The summed E-state index contributed by atoms with van der Waals surface area (Å²) in [6.07, 6.45) is 84.6. The Morgan fingerprint density at radius 2 is 0.520 bits per heavy atom. The molecule has 1 atom stereocenters. The third-order valence-corrected chi connectivity index (χ3v) is 13.6. The van der Waals surface area contributed by atoms with E-state index in [-0.39, 0.29) is 31.1 Å². The van der Waals surface area contributed by atoms with E-state index < -0.39 is 6.10 Å². The lowest BCUT2D eigenvalue weighted by Gasteiger charge is -2.18. The van der Waals surface area contributed by atoms with Gasteiger partial charge in [0, 0.05) is 19.3 Å². The molecule has 6 heteroatoms. The second-order valence-corrected chi connectivity index (χ2v) is 20.9. The van der Waals surface area contributed by atoms with Crippen LogP contribution in [0.25, 0.3) is 0 Å². The first kappa shape index (κ1) is 71.3. The highest BCUT2D eigenvalue weighted by atomic mass is 16.6. The Balaban J connectivity index is 4.07. The molecule has 0 saturated heterocycles. The number of rotatable bonds is 57. The van der Waals surface area contributed by atoms with Crippen molar-refractivity contribution >= 4 is 17.9 Å². The van der Waals surface area contributed by atoms with Gasteiger partial charge >= 0.3 is 17.9 Å². The van der Waals surface area contributed by atoms with E-state index in [4.69, 9.17) is 14.2 Å². The summed E-state index contributed by atoms with van der Waals surface area (Å²) in [6.45, 7) is 6.45. The fourth-order valence-electron chi connectivity index (χ4n) is 8.83. The summed E-state index contributed by atoms with van der Waals surface area (Å²) < 4.78 is 16.8. The molecule has 0 aliphatic carbocycles. The first-order valence-electron chi connectivity index (χ1n) is 31.7. The molecule has 0 fully saturated rings. The molecular weight excluding hydrogens is 925 g/mol.